The van der Waals surface area contributed by atoms with E-state index in [1.165, 1.54) is 5.56 Å². The molecule has 5 heteroatoms. The maximum atomic E-state index is 11.4. The zero-order chi connectivity index (χ0) is 14.7. The van der Waals surface area contributed by atoms with Gasteiger partial charge in [0.25, 0.3) is 0 Å². The van der Waals surface area contributed by atoms with E-state index in [1.54, 1.807) is 17.4 Å². The summed E-state index contributed by atoms with van der Waals surface area (Å²) in [4.78, 5) is 16.0. The van der Waals surface area contributed by atoms with Gasteiger partial charge >= 0.3 is 5.97 Å². The molecule has 2 aromatic rings. The number of aryl methyl sites for hydroxylation is 2. The standard InChI is InChI=1S/C16H18N2O2S/c19-16(20)13-9-12-3-1-2-4-14(12)18-15(13)17-7-5-11-6-8-21-10-11/h6,8-10H,1-5,7H2,(H,17,18)(H,19,20). The van der Waals surface area contributed by atoms with Crippen LogP contribution in [0.1, 0.15) is 40.0 Å². The van der Waals surface area contributed by atoms with Crippen LogP contribution in [0.3, 0.4) is 0 Å². The van der Waals surface area contributed by atoms with Crippen molar-refractivity contribution in [3.05, 3.63) is 45.3 Å². The van der Waals surface area contributed by atoms with Crippen molar-refractivity contribution in [3.8, 4) is 0 Å². The lowest BCUT2D eigenvalue weighted by Crippen LogP contribution is -2.15. The summed E-state index contributed by atoms with van der Waals surface area (Å²) in [6.07, 6.45) is 5.03. The molecule has 0 fully saturated rings. The van der Waals surface area contributed by atoms with Gasteiger partial charge in [-0.25, -0.2) is 9.78 Å². The van der Waals surface area contributed by atoms with Crippen LogP contribution in [0.5, 0.6) is 0 Å². The summed E-state index contributed by atoms with van der Waals surface area (Å²) in [5.41, 5.74) is 3.72. The van der Waals surface area contributed by atoms with E-state index in [4.69, 9.17) is 0 Å². The maximum Gasteiger partial charge on any atom is 0.339 e. The fraction of sp³-hybridized carbons (Fsp3) is 0.375. The number of aromatic carboxylic acids is 1. The number of aromatic nitrogens is 1. The largest absolute Gasteiger partial charge is 0.478 e. The Bertz CT molecular complexity index is 638. The molecule has 0 unspecified atom stereocenters. The van der Waals surface area contributed by atoms with Crippen LogP contribution in [0.15, 0.2) is 22.9 Å². The van der Waals surface area contributed by atoms with Gasteiger partial charge in [0.15, 0.2) is 0 Å². The van der Waals surface area contributed by atoms with Gasteiger partial charge in [0.05, 0.1) is 0 Å². The number of hydrogen-bond donors (Lipinski definition) is 2. The van der Waals surface area contributed by atoms with Crippen LogP contribution in [0, 0.1) is 0 Å². The molecule has 2 heterocycles. The van der Waals surface area contributed by atoms with Gasteiger partial charge in [0, 0.05) is 12.2 Å². The highest BCUT2D eigenvalue weighted by Gasteiger charge is 2.18. The molecule has 0 aliphatic heterocycles. The second kappa shape index (κ2) is 6.26. The van der Waals surface area contributed by atoms with Crippen LogP contribution in [0.25, 0.3) is 0 Å². The Kier molecular flexibility index (Phi) is 4.20. The maximum absolute atomic E-state index is 11.4. The van der Waals surface area contributed by atoms with Crippen molar-refractivity contribution in [2.24, 2.45) is 0 Å². The molecule has 0 aromatic carbocycles. The Balaban J connectivity index is 1.77. The Morgan fingerprint density at radius 2 is 2.24 bits per heavy atom. The first-order chi connectivity index (χ1) is 10.2. The van der Waals surface area contributed by atoms with Crippen molar-refractivity contribution in [2.45, 2.75) is 32.1 Å². The van der Waals surface area contributed by atoms with Crippen LogP contribution in [-0.4, -0.2) is 22.6 Å². The number of carboxylic acid groups (broad SMARTS) is 1. The summed E-state index contributed by atoms with van der Waals surface area (Å²) >= 11 is 1.67. The number of anilines is 1. The minimum atomic E-state index is -0.908. The lowest BCUT2D eigenvalue weighted by atomic mass is 9.94. The predicted molar refractivity (Wildman–Crippen MR) is 84.4 cm³/mol. The Morgan fingerprint density at radius 3 is 3.00 bits per heavy atom. The molecule has 110 valence electrons. The fourth-order valence-corrected chi connectivity index (χ4v) is 3.39. The molecule has 2 N–H and O–H groups in total. The van der Waals surface area contributed by atoms with Crippen LogP contribution in [-0.2, 0) is 19.3 Å². The number of fused-ring (bicyclic) bond motifs is 1. The van der Waals surface area contributed by atoms with E-state index in [2.05, 4.69) is 27.1 Å². The van der Waals surface area contributed by atoms with E-state index in [9.17, 15) is 9.90 Å². The van der Waals surface area contributed by atoms with Crippen molar-refractivity contribution in [3.63, 3.8) is 0 Å². The van der Waals surface area contributed by atoms with Gasteiger partial charge in [0.1, 0.15) is 11.4 Å². The van der Waals surface area contributed by atoms with Crippen molar-refractivity contribution in [1.29, 1.82) is 0 Å². The SMILES string of the molecule is O=C(O)c1cc2c(nc1NCCc1ccsc1)CCCC2. The van der Waals surface area contributed by atoms with E-state index in [1.807, 2.05) is 0 Å². The molecule has 0 radical (unpaired) electrons. The van der Waals surface area contributed by atoms with Crippen LogP contribution < -0.4 is 5.32 Å². The lowest BCUT2D eigenvalue weighted by molar-refractivity contribution is 0.0697. The molecule has 0 amide bonds. The predicted octanol–water partition coefficient (Wildman–Crippen LogP) is 3.37. The molecule has 1 aliphatic carbocycles. The third kappa shape index (κ3) is 3.24. The molecular formula is C16H18N2O2S. The first kappa shape index (κ1) is 14.1. The van der Waals surface area contributed by atoms with Crippen molar-refractivity contribution in [2.75, 3.05) is 11.9 Å². The van der Waals surface area contributed by atoms with Gasteiger partial charge in [-0.15, -0.1) is 0 Å². The second-order valence-electron chi connectivity index (χ2n) is 5.31. The monoisotopic (exact) mass is 302 g/mol. The molecule has 21 heavy (non-hydrogen) atoms. The first-order valence-electron chi connectivity index (χ1n) is 7.25. The quantitative estimate of drug-likeness (QED) is 0.889. The zero-order valence-corrected chi connectivity index (χ0v) is 12.6. The van der Waals surface area contributed by atoms with Gasteiger partial charge in [-0.3, -0.25) is 0 Å². The fourth-order valence-electron chi connectivity index (χ4n) is 2.69. The number of carbonyl (C=O) groups is 1. The number of pyridine rings is 1. The highest BCUT2D eigenvalue weighted by Crippen LogP contribution is 2.24. The Hall–Kier alpha value is -1.88. The number of thiophene rings is 1. The first-order valence-corrected chi connectivity index (χ1v) is 8.19. The van der Waals surface area contributed by atoms with Gasteiger partial charge in [-0.05, 0) is 66.1 Å². The molecule has 3 rings (SSSR count). The topological polar surface area (TPSA) is 62.2 Å². The van der Waals surface area contributed by atoms with Crippen molar-refractivity contribution < 1.29 is 9.90 Å². The Morgan fingerprint density at radius 1 is 1.38 bits per heavy atom. The summed E-state index contributed by atoms with van der Waals surface area (Å²) in [6, 6.07) is 3.89. The zero-order valence-electron chi connectivity index (χ0n) is 11.8. The number of nitrogens with zero attached hydrogens (tertiary/aromatic N) is 1. The molecule has 0 saturated heterocycles. The van der Waals surface area contributed by atoms with Gasteiger partial charge in [0.2, 0.25) is 0 Å². The van der Waals surface area contributed by atoms with E-state index >= 15 is 0 Å². The molecular weight excluding hydrogens is 284 g/mol. The third-order valence-electron chi connectivity index (χ3n) is 3.82. The van der Waals surface area contributed by atoms with E-state index < -0.39 is 5.97 Å². The van der Waals surface area contributed by atoms with E-state index in [-0.39, 0.29) is 0 Å². The number of rotatable bonds is 5. The molecule has 0 atom stereocenters. The molecule has 2 aromatic heterocycles. The molecule has 1 aliphatic rings. The number of hydrogen-bond acceptors (Lipinski definition) is 4. The Labute approximate surface area is 127 Å². The van der Waals surface area contributed by atoms with Crippen LogP contribution in [0.2, 0.25) is 0 Å². The molecule has 4 nitrogen and oxygen atoms in total. The van der Waals surface area contributed by atoms with E-state index in [0.717, 1.165) is 43.4 Å². The van der Waals surface area contributed by atoms with Crippen LogP contribution in [0.4, 0.5) is 5.82 Å². The average Bonchev–Trinajstić information content (AvgIpc) is 2.99. The average molecular weight is 302 g/mol. The second-order valence-corrected chi connectivity index (χ2v) is 6.09. The summed E-state index contributed by atoms with van der Waals surface area (Å²) in [5.74, 6) is -0.396. The minimum absolute atomic E-state index is 0.293. The smallest absolute Gasteiger partial charge is 0.339 e. The highest BCUT2D eigenvalue weighted by molar-refractivity contribution is 7.07. The lowest BCUT2D eigenvalue weighted by Gasteiger charge is -2.18. The molecule has 0 bridgehead atoms. The van der Waals surface area contributed by atoms with E-state index in [0.29, 0.717) is 17.9 Å². The van der Waals surface area contributed by atoms with Gasteiger partial charge < -0.3 is 10.4 Å². The van der Waals surface area contributed by atoms with Gasteiger partial charge in [-0.1, -0.05) is 0 Å². The normalized spacial score (nSPS) is 13.7. The molecule has 0 saturated carbocycles. The summed E-state index contributed by atoms with van der Waals surface area (Å²) in [5, 5.41) is 16.7. The third-order valence-corrected chi connectivity index (χ3v) is 4.55. The number of carboxylic acids is 1. The number of nitrogens with one attached hydrogen (secondary N) is 1. The summed E-state index contributed by atoms with van der Waals surface area (Å²) in [6.45, 7) is 0.697. The minimum Gasteiger partial charge on any atom is -0.478 e. The van der Waals surface area contributed by atoms with Gasteiger partial charge in [-0.2, -0.15) is 11.3 Å². The summed E-state index contributed by atoms with van der Waals surface area (Å²) in [7, 11) is 0. The molecule has 0 spiro atoms. The van der Waals surface area contributed by atoms with Crippen molar-refractivity contribution >= 4 is 23.1 Å². The summed E-state index contributed by atoms with van der Waals surface area (Å²) < 4.78 is 0. The van der Waals surface area contributed by atoms with Crippen molar-refractivity contribution in [1.82, 2.24) is 4.98 Å². The van der Waals surface area contributed by atoms with Crippen LogP contribution >= 0.6 is 11.3 Å². The highest BCUT2D eigenvalue weighted by atomic mass is 32.1.